The molecule has 0 saturated heterocycles. The predicted octanol–water partition coefficient (Wildman–Crippen LogP) is 3.27. The summed E-state index contributed by atoms with van der Waals surface area (Å²) in [6.07, 6.45) is 2.82. The van der Waals surface area contributed by atoms with Gasteiger partial charge in [0.15, 0.2) is 0 Å². The molecule has 1 aromatic carbocycles. The number of benzene rings is 1. The molecule has 19 heavy (non-hydrogen) atoms. The van der Waals surface area contributed by atoms with Crippen LogP contribution in [0.1, 0.15) is 24.0 Å². The van der Waals surface area contributed by atoms with Crippen LogP contribution in [0.2, 0.25) is 0 Å². The number of hydrogen-bond donors (Lipinski definition) is 1. The second kappa shape index (κ2) is 6.78. The fraction of sp³-hybridized carbons (Fsp3) is 0.333. The third kappa shape index (κ3) is 4.73. The van der Waals surface area contributed by atoms with Crippen molar-refractivity contribution in [2.45, 2.75) is 32.9 Å². The Balaban J connectivity index is 1.84. The van der Waals surface area contributed by atoms with Gasteiger partial charge in [-0.1, -0.05) is 28.1 Å². The van der Waals surface area contributed by atoms with Gasteiger partial charge in [-0.3, -0.25) is 0 Å². The lowest BCUT2D eigenvalue weighted by molar-refractivity contribution is 0.539. The number of nitrogens with one attached hydrogen (secondary N) is 1. The van der Waals surface area contributed by atoms with Gasteiger partial charge in [-0.25, -0.2) is 9.97 Å². The van der Waals surface area contributed by atoms with Crippen LogP contribution in [0, 0.1) is 6.92 Å². The molecule has 4 heteroatoms. The van der Waals surface area contributed by atoms with E-state index in [0.717, 1.165) is 29.0 Å². The van der Waals surface area contributed by atoms with Crippen molar-refractivity contribution in [3.05, 3.63) is 58.1 Å². The van der Waals surface area contributed by atoms with E-state index in [0.29, 0.717) is 6.04 Å². The van der Waals surface area contributed by atoms with E-state index in [9.17, 15) is 0 Å². The minimum absolute atomic E-state index is 0.413. The van der Waals surface area contributed by atoms with Gasteiger partial charge in [0, 0.05) is 23.3 Å². The van der Waals surface area contributed by atoms with E-state index in [-0.39, 0.29) is 0 Å². The molecule has 0 radical (unpaired) electrons. The maximum atomic E-state index is 4.38. The van der Waals surface area contributed by atoms with Crippen LogP contribution in [0.4, 0.5) is 0 Å². The van der Waals surface area contributed by atoms with Gasteiger partial charge < -0.3 is 5.32 Å². The lowest BCUT2D eigenvalue weighted by Crippen LogP contribution is -2.28. The molecule has 1 unspecified atom stereocenters. The molecular weight excluding hydrogens is 302 g/mol. The smallest absolute Gasteiger partial charge is 0.125 e. The Bertz CT molecular complexity index is 525. The summed E-state index contributed by atoms with van der Waals surface area (Å²) in [5.74, 6) is 0.819. The van der Waals surface area contributed by atoms with Gasteiger partial charge in [0.1, 0.15) is 5.82 Å². The van der Waals surface area contributed by atoms with Crippen LogP contribution in [0.15, 0.2) is 41.0 Å². The summed E-state index contributed by atoms with van der Waals surface area (Å²) in [6, 6.07) is 10.8. The highest BCUT2D eigenvalue weighted by Crippen LogP contribution is 2.12. The number of hydrogen-bond acceptors (Lipinski definition) is 3. The fourth-order valence-corrected chi connectivity index (χ4v) is 2.19. The van der Waals surface area contributed by atoms with E-state index in [1.165, 1.54) is 5.56 Å². The Kier molecular flexibility index (Phi) is 5.05. The standard InChI is InChI=1S/C15H18BrN3/c1-11(9-13-3-5-14(16)6-4-13)18-10-15-7-8-17-12(2)19-15/h3-8,11,18H,9-10H2,1-2H3. The van der Waals surface area contributed by atoms with Crippen LogP contribution < -0.4 is 5.32 Å². The first kappa shape index (κ1) is 14.2. The molecule has 0 aliphatic heterocycles. The van der Waals surface area contributed by atoms with E-state index < -0.39 is 0 Å². The highest BCUT2D eigenvalue weighted by atomic mass is 79.9. The molecule has 0 amide bonds. The van der Waals surface area contributed by atoms with Gasteiger partial charge in [-0.2, -0.15) is 0 Å². The molecule has 1 heterocycles. The Hall–Kier alpha value is -1.26. The molecule has 0 aliphatic rings. The molecule has 1 atom stereocenters. The number of aromatic nitrogens is 2. The van der Waals surface area contributed by atoms with Crippen molar-refractivity contribution in [2.24, 2.45) is 0 Å². The second-order valence-electron chi connectivity index (χ2n) is 4.71. The van der Waals surface area contributed by atoms with Crippen molar-refractivity contribution < 1.29 is 0 Å². The highest BCUT2D eigenvalue weighted by molar-refractivity contribution is 9.10. The molecule has 0 bridgehead atoms. The minimum Gasteiger partial charge on any atom is -0.308 e. The van der Waals surface area contributed by atoms with E-state index in [1.54, 1.807) is 6.20 Å². The topological polar surface area (TPSA) is 37.8 Å². The van der Waals surface area contributed by atoms with Crippen molar-refractivity contribution in [1.29, 1.82) is 0 Å². The van der Waals surface area contributed by atoms with Gasteiger partial charge in [0.25, 0.3) is 0 Å². The van der Waals surface area contributed by atoms with E-state index in [2.05, 4.69) is 62.4 Å². The summed E-state index contributed by atoms with van der Waals surface area (Å²) < 4.78 is 1.12. The van der Waals surface area contributed by atoms with Crippen molar-refractivity contribution in [1.82, 2.24) is 15.3 Å². The third-order valence-electron chi connectivity index (χ3n) is 2.92. The zero-order chi connectivity index (χ0) is 13.7. The lowest BCUT2D eigenvalue weighted by Gasteiger charge is -2.13. The van der Waals surface area contributed by atoms with E-state index in [4.69, 9.17) is 0 Å². The quantitative estimate of drug-likeness (QED) is 0.919. The number of rotatable bonds is 5. The third-order valence-corrected chi connectivity index (χ3v) is 3.45. The highest BCUT2D eigenvalue weighted by Gasteiger charge is 2.04. The Labute approximate surface area is 122 Å². The molecule has 1 N–H and O–H groups in total. The molecule has 0 fully saturated rings. The maximum Gasteiger partial charge on any atom is 0.125 e. The van der Waals surface area contributed by atoms with Gasteiger partial charge in [-0.15, -0.1) is 0 Å². The second-order valence-corrected chi connectivity index (χ2v) is 5.62. The summed E-state index contributed by atoms with van der Waals surface area (Å²) >= 11 is 3.45. The fourth-order valence-electron chi connectivity index (χ4n) is 1.93. The first-order valence-electron chi connectivity index (χ1n) is 6.40. The van der Waals surface area contributed by atoms with Crippen LogP contribution in [-0.4, -0.2) is 16.0 Å². The van der Waals surface area contributed by atoms with E-state index in [1.807, 2.05) is 13.0 Å². The lowest BCUT2D eigenvalue weighted by atomic mass is 10.1. The van der Waals surface area contributed by atoms with Crippen LogP contribution in [0.25, 0.3) is 0 Å². The Morgan fingerprint density at radius 2 is 1.95 bits per heavy atom. The summed E-state index contributed by atoms with van der Waals surface area (Å²) in [5.41, 5.74) is 2.37. The monoisotopic (exact) mass is 319 g/mol. The Morgan fingerprint density at radius 1 is 1.21 bits per heavy atom. The maximum absolute atomic E-state index is 4.38. The van der Waals surface area contributed by atoms with E-state index >= 15 is 0 Å². The number of halogens is 1. The van der Waals surface area contributed by atoms with Crippen LogP contribution in [0.3, 0.4) is 0 Å². The summed E-state index contributed by atoms with van der Waals surface area (Å²) in [6.45, 7) is 4.88. The summed E-state index contributed by atoms with van der Waals surface area (Å²) in [5, 5.41) is 3.49. The molecular formula is C15H18BrN3. The molecule has 100 valence electrons. The average molecular weight is 320 g/mol. The number of aryl methyl sites for hydroxylation is 1. The molecule has 2 aromatic rings. The van der Waals surface area contributed by atoms with Gasteiger partial charge in [-0.05, 0) is 44.0 Å². The average Bonchev–Trinajstić information content (AvgIpc) is 2.39. The number of nitrogens with zero attached hydrogens (tertiary/aromatic N) is 2. The zero-order valence-electron chi connectivity index (χ0n) is 11.2. The molecule has 0 spiro atoms. The summed E-state index contributed by atoms with van der Waals surface area (Å²) in [4.78, 5) is 8.48. The SMILES string of the molecule is Cc1nccc(CNC(C)Cc2ccc(Br)cc2)n1. The molecule has 1 aromatic heterocycles. The predicted molar refractivity (Wildman–Crippen MR) is 80.9 cm³/mol. The Morgan fingerprint density at radius 3 is 2.63 bits per heavy atom. The molecule has 3 nitrogen and oxygen atoms in total. The van der Waals surface area contributed by atoms with Crippen LogP contribution in [0.5, 0.6) is 0 Å². The van der Waals surface area contributed by atoms with Crippen LogP contribution >= 0.6 is 15.9 Å². The molecule has 2 rings (SSSR count). The van der Waals surface area contributed by atoms with Crippen molar-refractivity contribution in [3.63, 3.8) is 0 Å². The largest absolute Gasteiger partial charge is 0.308 e. The van der Waals surface area contributed by atoms with Gasteiger partial charge in [0.05, 0.1) is 5.69 Å². The minimum atomic E-state index is 0.413. The van der Waals surface area contributed by atoms with Crippen molar-refractivity contribution in [3.8, 4) is 0 Å². The summed E-state index contributed by atoms with van der Waals surface area (Å²) in [7, 11) is 0. The van der Waals surface area contributed by atoms with Gasteiger partial charge >= 0.3 is 0 Å². The zero-order valence-corrected chi connectivity index (χ0v) is 12.8. The molecule has 0 saturated carbocycles. The van der Waals surface area contributed by atoms with Crippen molar-refractivity contribution in [2.75, 3.05) is 0 Å². The van der Waals surface area contributed by atoms with Crippen molar-refractivity contribution >= 4 is 15.9 Å². The molecule has 0 aliphatic carbocycles. The first-order valence-corrected chi connectivity index (χ1v) is 7.19. The first-order chi connectivity index (χ1) is 9.13. The van der Waals surface area contributed by atoms with Crippen LogP contribution in [-0.2, 0) is 13.0 Å². The normalized spacial score (nSPS) is 12.4. The van der Waals surface area contributed by atoms with Gasteiger partial charge in [0.2, 0.25) is 0 Å².